The molecule has 7 heteroatoms. The molecule has 0 unspecified atom stereocenters. The average molecular weight is 290 g/mol. The normalized spacial score (nSPS) is 10.8. The Balaban J connectivity index is 2.13. The van der Waals surface area contributed by atoms with Crippen LogP contribution in [0.5, 0.6) is 0 Å². The molecule has 21 heavy (non-hydrogen) atoms. The van der Waals surface area contributed by atoms with Gasteiger partial charge in [-0.1, -0.05) is 5.16 Å². The van der Waals surface area contributed by atoms with Gasteiger partial charge in [-0.3, -0.25) is 4.79 Å². The van der Waals surface area contributed by atoms with Gasteiger partial charge in [0.1, 0.15) is 5.82 Å². The average Bonchev–Trinajstić information content (AvgIpc) is 2.84. The van der Waals surface area contributed by atoms with E-state index in [1.54, 1.807) is 6.92 Å². The fraction of sp³-hybridized carbons (Fsp3) is 0.0714. The van der Waals surface area contributed by atoms with Crippen LogP contribution in [-0.2, 0) is 4.79 Å². The van der Waals surface area contributed by atoms with Crippen molar-refractivity contribution in [2.75, 3.05) is 5.32 Å². The molecule has 2 rings (SSSR count). The van der Waals surface area contributed by atoms with Gasteiger partial charge in [0, 0.05) is 23.4 Å². The summed E-state index contributed by atoms with van der Waals surface area (Å²) in [4.78, 5) is 22.2. The maximum Gasteiger partial charge on any atom is 0.328 e. The summed E-state index contributed by atoms with van der Waals surface area (Å²) in [6, 6.07) is 5.35. The molecule has 0 atom stereocenters. The van der Waals surface area contributed by atoms with E-state index < -0.39 is 17.7 Å². The molecule has 2 aromatic rings. The fourth-order valence-electron chi connectivity index (χ4n) is 1.56. The first-order valence-corrected chi connectivity index (χ1v) is 5.91. The third-order valence-corrected chi connectivity index (χ3v) is 2.52. The van der Waals surface area contributed by atoms with Crippen LogP contribution in [0.15, 0.2) is 34.9 Å². The number of amides is 1. The summed E-state index contributed by atoms with van der Waals surface area (Å²) in [5.41, 5.74) is 0.880. The molecule has 1 heterocycles. The first-order chi connectivity index (χ1) is 9.95. The first-order valence-electron chi connectivity index (χ1n) is 5.91. The van der Waals surface area contributed by atoms with Gasteiger partial charge in [0.2, 0.25) is 5.76 Å². The van der Waals surface area contributed by atoms with Crippen molar-refractivity contribution in [3.8, 4) is 0 Å². The van der Waals surface area contributed by atoms with Gasteiger partial charge in [0.15, 0.2) is 0 Å². The van der Waals surface area contributed by atoms with E-state index in [1.807, 2.05) is 0 Å². The van der Waals surface area contributed by atoms with Gasteiger partial charge in [-0.2, -0.15) is 0 Å². The maximum atomic E-state index is 13.7. The molecule has 1 aromatic carbocycles. The van der Waals surface area contributed by atoms with Crippen molar-refractivity contribution >= 4 is 23.6 Å². The summed E-state index contributed by atoms with van der Waals surface area (Å²) in [5.74, 6) is -2.36. The zero-order valence-corrected chi connectivity index (χ0v) is 11.0. The van der Waals surface area contributed by atoms with Gasteiger partial charge in [-0.05, 0) is 31.2 Å². The smallest absolute Gasteiger partial charge is 0.328 e. The lowest BCUT2D eigenvalue weighted by atomic mass is 10.1. The van der Waals surface area contributed by atoms with Crippen LogP contribution in [-0.4, -0.2) is 22.1 Å². The number of nitrogens with one attached hydrogen (secondary N) is 1. The lowest BCUT2D eigenvalue weighted by molar-refractivity contribution is -0.131. The van der Waals surface area contributed by atoms with E-state index in [4.69, 9.17) is 9.63 Å². The molecule has 1 aromatic heterocycles. The Hall–Kier alpha value is -2.96. The van der Waals surface area contributed by atoms with Crippen LogP contribution >= 0.6 is 0 Å². The molecule has 2 N–H and O–H groups in total. The fourth-order valence-corrected chi connectivity index (χ4v) is 1.56. The monoisotopic (exact) mass is 290 g/mol. The molecule has 0 spiro atoms. The quantitative estimate of drug-likeness (QED) is 0.844. The summed E-state index contributed by atoms with van der Waals surface area (Å²) >= 11 is 0. The third-order valence-electron chi connectivity index (χ3n) is 2.52. The number of carbonyl (C=O) groups excluding carboxylic acids is 1. The Morgan fingerprint density at radius 3 is 2.71 bits per heavy atom. The molecule has 108 valence electrons. The van der Waals surface area contributed by atoms with Gasteiger partial charge in [-0.15, -0.1) is 0 Å². The first kappa shape index (κ1) is 14.4. The van der Waals surface area contributed by atoms with Crippen LogP contribution in [0.4, 0.5) is 10.1 Å². The van der Waals surface area contributed by atoms with Crippen molar-refractivity contribution in [1.82, 2.24) is 5.16 Å². The van der Waals surface area contributed by atoms with E-state index in [0.29, 0.717) is 5.69 Å². The predicted molar refractivity (Wildman–Crippen MR) is 72.3 cm³/mol. The van der Waals surface area contributed by atoms with Gasteiger partial charge in [-0.25, -0.2) is 9.18 Å². The van der Waals surface area contributed by atoms with E-state index in [0.717, 1.165) is 18.2 Å². The standard InChI is InChI=1S/C14H11FN2O4/c1-8-6-12(21-17-8)14(20)16-10-4-2-9(11(15)7-10)3-5-13(18)19/h2-7H,1H3,(H,16,20)(H,18,19). The number of nitrogens with zero attached hydrogens (tertiary/aromatic N) is 1. The van der Waals surface area contributed by atoms with Gasteiger partial charge in [0.05, 0.1) is 5.69 Å². The SMILES string of the molecule is Cc1cc(C(=O)Nc2ccc(C=CC(=O)O)c(F)c2)on1. The van der Waals surface area contributed by atoms with Gasteiger partial charge >= 0.3 is 5.97 Å². The molecular formula is C14H11FN2O4. The summed E-state index contributed by atoms with van der Waals surface area (Å²) in [5, 5.41) is 14.5. The third kappa shape index (κ3) is 3.75. The van der Waals surface area contributed by atoms with Gasteiger partial charge in [0.25, 0.3) is 5.91 Å². The summed E-state index contributed by atoms with van der Waals surface area (Å²) in [7, 11) is 0. The number of anilines is 1. The van der Waals surface area contributed by atoms with E-state index >= 15 is 0 Å². The second-order valence-electron chi connectivity index (χ2n) is 4.19. The molecule has 0 aliphatic rings. The van der Waals surface area contributed by atoms with Crippen LogP contribution < -0.4 is 5.32 Å². The number of aryl methyl sites for hydroxylation is 1. The highest BCUT2D eigenvalue weighted by Gasteiger charge is 2.12. The zero-order chi connectivity index (χ0) is 15.4. The van der Waals surface area contributed by atoms with Crippen LogP contribution in [0.3, 0.4) is 0 Å². The highest BCUT2D eigenvalue weighted by molar-refractivity contribution is 6.02. The second kappa shape index (κ2) is 6.00. The Labute approximate surface area is 118 Å². The van der Waals surface area contributed by atoms with E-state index in [9.17, 15) is 14.0 Å². The number of halogens is 1. The number of carboxylic acid groups (broad SMARTS) is 1. The number of hydrogen-bond donors (Lipinski definition) is 2. The van der Waals surface area contributed by atoms with Crippen molar-refractivity contribution < 1.29 is 23.6 Å². The number of aliphatic carboxylic acids is 1. The number of aromatic nitrogens is 1. The van der Waals surface area contributed by atoms with Crippen LogP contribution in [0.25, 0.3) is 6.08 Å². The molecule has 0 bridgehead atoms. The largest absolute Gasteiger partial charge is 0.478 e. The number of carboxylic acids is 1. The Bertz CT molecular complexity index is 722. The predicted octanol–water partition coefficient (Wildman–Crippen LogP) is 2.47. The summed E-state index contributed by atoms with van der Waals surface area (Å²) in [6.45, 7) is 1.67. The Morgan fingerprint density at radius 1 is 1.38 bits per heavy atom. The van der Waals surface area contributed by atoms with Crippen molar-refractivity contribution in [3.63, 3.8) is 0 Å². The van der Waals surface area contributed by atoms with Gasteiger partial charge < -0.3 is 14.9 Å². The van der Waals surface area contributed by atoms with E-state index in [-0.39, 0.29) is 17.0 Å². The van der Waals surface area contributed by atoms with Crippen LogP contribution in [0.2, 0.25) is 0 Å². The summed E-state index contributed by atoms with van der Waals surface area (Å²) < 4.78 is 18.5. The minimum atomic E-state index is -1.17. The number of carbonyl (C=O) groups is 2. The molecule has 0 saturated carbocycles. The lowest BCUT2D eigenvalue weighted by Gasteiger charge is -2.04. The van der Waals surface area contributed by atoms with Crippen molar-refractivity contribution in [2.24, 2.45) is 0 Å². The minimum absolute atomic E-state index is 0.0164. The molecule has 0 radical (unpaired) electrons. The van der Waals surface area contributed by atoms with Crippen molar-refractivity contribution in [1.29, 1.82) is 0 Å². The number of benzene rings is 1. The molecule has 0 fully saturated rings. The lowest BCUT2D eigenvalue weighted by Crippen LogP contribution is -2.11. The molecule has 0 aliphatic heterocycles. The zero-order valence-electron chi connectivity index (χ0n) is 11.0. The van der Waals surface area contributed by atoms with E-state index in [1.165, 1.54) is 18.2 Å². The Kier molecular flexibility index (Phi) is 4.13. The molecule has 0 saturated heterocycles. The Morgan fingerprint density at radius 2 is 2.14 bits per heavy atom. The number of rotatable bonds is 4. The highest BCUT2D eigenvalue weighted by atomic mass is 19.1. The molecule has 0 aliphatic carbocycles. The molecular weight excluding hydrogens is 279 g/mol. The van der Waals surface area contributed by atoms with E-state index in [2.05, 4.69) is 10.5 Å². The molecule has 1 amide bonds. The second-order valence-corrected chi connectivity index (χ2v) is 4.19. The summed E-state index contributed by atoms with van der Waals surface area (Å²) in [6.07, 6.45) is 1.96. The minimum Gasteiger partial charge on any atom is -0.478 e. The highest BCUT2D eigenvalue weighted by Crippen LogP contribution is 2.17. The van der Waals surface area contributed by atoms with Crippen LogP contribution in [0.1, 0.15) is 21.8 Å². The van der Waals surface area contributed by atoms with Crippen LogP contribution in [0, 0.1) is 12.7 Å². The van der Waals surface area contributed by atoms with Crippen molar-refractivity contribution in [2.45, 2.75) is 6.92 Å². The maximum absolute atomic E-state index is 13.7. The topological polar surface area (TPSA) is 92.4 Å². The number of hydrogen-bond acceptors (Lipinski definition) is 4. The molecule has 6 nitrogen and oxygen atoms in total. The van der Waals surface area contributed by atoms with Crippen molar-refractivity contribution in [3.05, 3.63) is 53.2 Å².